The molecule has 0 bridgehead atoms. The van der Waals surface area contributed by atoms with Gasteiger partial charge in [-0.1, -0.05) is 36.5 Å². The standard InChI is InChI=1S/C20H25N3O/c1-2-3-4-5-16(14-17-6-7-17)8-9-20(24)23-15-19(21)18-10-12-22-13-11-18/h2-5,10-13,15,17H,1,6-9,14,21H2,(H,23,24)/b4-3-,16-5-,19-15-. The largest absolute Gasteiger partial charge is 0.397 e. The van der Waals surface area contributed by atoms with Gasteiger partial charge in [0.1, 0.15) is 0 Å². The quantitative estimate of drug-likeness (QED) is 0.681. The van der Waals surface area contributed by atoms with Crippen molar-refractivity contribution in [3.63, 3.8) is 0 Å². The molecule has 24 heavy (non-hydrogen) atoms. The van der Waals surface area contributed by atoms with Crippen LogP contribution in [0, 0.1) is 5.92 Å². The molecule has 4 heteroatoms. The summed E-state index contributed by atoms with van der Waals surface area (Å²) in [5, 5.41) is 2.76. The Labute approximate surface area is 143 Å². The number of amides is 1. The number of allylic oxidation sites excluding steroid dienone is 5. The molecule has 1 fully saturated rings. The van der Waals surface area contributed by atoms with Crippen LogP contribution < -0.4 is 11.1 Å². The molecule has 0 unspecified atom stereocenters. The predicted octanol–water partition coefficient (Wildman–Crippen LogP) is 3.70. The van der Waals surface area contributed by atoms with Crippen molar-refractivity contribution in [2.24, 2.45) is 11.7 Å². The topological polar surface area (TPSA) is 68.0 Å². The van der Waals surface area contributed by atoms with Crippen molar-refractivity contribution in [1.29, 1.82) is 0 Å². The molecule has 1 amide bonds. The molecular formula is C20H25N3O. The van der Waals surface area contributed by atoms with Crippen molar-refractivity contribution >= 4 is 11.6 Å². The third-order valence-electron chi connectivity index (χ3n) is 3.90. The van der Waals surface area contributed by atoms with Crippen LogP contribution >= 0.6 is 0 Å². The predicted molar refractivity (Wildman–Crippen MR) is 98.5 cm³/mol. The lowest BCUT2D eigenvalue weighted by atomic mass is 10.0. The number of carbonyl (C=O) groups excluding carboxylic acids is 1. The minimum Gasteiger partial charge on any atom is -0.397 e. The maximum absolute atomic E-state index is 12.0. The van der Waals surface area contributed by atoms with Crippen LogP contribution in [-0.2, 0) is 4.79 Å². The number of nitrogens with one attached hydrogen (secondary N) is 1. The Kier molecular flexibility index (Phi) is 7.02. The van der Waals surface area contributed by atoms with Gasteiger partial charge in [0.2, 0.25) is 5.91 Å². The third kappa shape index (κ3) is 6.65. The van der Waals surface area contributed by atoms with E-state index in [4.69, 9.17) is 5.73 Å². The summed E-state index contributed by atoms with van der Waals surface area (Å²) in [6, 6.07) is 3.61. The van der Waals surface area contributed by atoms with Crippen molar-refractivity contribution in [2.45, 2.75) is 32.1 Å². The van der Waals surface area contributed by atoms with E-state index in [1.807, 2.05) is 12.2 Å². The van der Waals surface area contributed by atoms with Crippen molar-refractivity contribution in [3.05, 3.63) is 72.7 Å². The molecule has 3 N–H and O–H groups in total. The Morgan fingerprint density at radius 3 is 2.71 bits per heavy atom. The highest BCUT2D eigenvalue weighted by Crippen LogP contribution is 2.36. The first-order valence-corrected chi connectivity index (χ1v) is 8.31. The molecule has 0 saturated heterocycles. The molecule has 0 aromatic carbocycles. The average molecular weight is 323 g/mol. The van der Waals surface area contributed by atoms with Gasteiger partial charge in [-0.05, 0) is 43.7 Å². The third-order valence-corrected chi connectivity index (χ3v) is 3.90. The molecule has 126 valence electrons. The van der Waals surface area contributed by atoms with Crippen LogP contribution in [0.1, 0.15) is 37.7 Å². The normalized spacial score (nSPS) is 15.5. The lowest BCUT2D eigenvalue weighted by molar-refractivity contribution is -0.120. The molecule has 0 spiro atoms. The zero-order valence-electron chi connectivity index (χ0n) is 13.9. The van der Waals surface area contributed by atoms with Gasteiger partial charge in [0, 0.05) is 30.6 Å². The van der Waals surface area contributed by atoms with Crippen LogP contribution in [0.2, 0.25) is 0 Å². The van der Waals surface area contributed by atoms with Crippen molar-refractivity contribution in [1.82, 2.24) is 10.3 Å². The Balaban J connectivity index is 1.82. The second kappa shape index (κ2) is 9.50. The number of carbonyl (C=O) groups is 1. The fraction of sp³-hybridized carbons (Fsp3) is 0.300. The van der Waals surface area contributed by atoms with Gasteiger partial charge in [-0.25, -0.2) is 0 Å². The second-order valence-corrected chi connectivity index (χ2v) is 6.00. The number of hydrogen-bond donors (Lipinski definition) is 2. The number of hydrogen-bond acceptors (Lipinski definition) is 3. The highest BCUT2D eigenvalue weighted by molar-refractivity contribution is 5.79. The molecule has 0 aliphatic heterocycles. The molecule has 1 aromatic rings. The number of nitrogens with zero attached hydrogens (tertiary/aromatic N) is 1. The number of nitrogens with two attached hydrogens (primary N) is 1. The smallest absolute Gasteiger partial charge is 0.224 e. The van der Waals surface area contributed by atoms with Crippen LogP contribution in [0.5, 0.6) is 0 Å². The lowest BCUT2D eigenvalue weighted by Crippen LogP contribution is -2.18. The van der Waals surface area contributed by atoms with Crippen molar-refractivity contribution in [3.8, 4) is 0 Å². The molecular weight excluding hydrogens is 298 g/mol. The lowest BCUT2D eigenvalue weighted by Gasteiger charge is -2.07. The van der Waals surface area contributed by atoms with Gasteiger partial charge in [-0.15, -0.1) is 0 Å². The first kappa shape index (κ1) is 17.7. The minimum absolute atomic E-state index is 0.0265. The van der Waals surface area contributed by atoms with E-state index in [-0.39, 0.29) is 5.91 Å². The molecule has 1 aromatic heterocycles. The number of aromatic nitrogens is 1. The molecule has 0 radical (unpaired) electrons. The summed E-state index contributed by atoms with van der Waals surface area (Å²) in [6.07, 6.45) is 17.6. The molecule has 1 aliphatic carbocycles. The Hall–Kier alpha value is -2.62. The maximum atomic E-state index is 12.0. The van der Waals surface area contributed by atoms with E-state index >= 15 is 0 Å². The first-order valence-electron chi connectivity index (χ1n) is 8.31. The minimum atomic E-state index is -0.0265. The molecule has 1 saturated carbocycles. The molecule has 0 atom stereocenters. The summed E-state index contributed by atoms with van der Waals surface area (Å²) in [5.74, 6) is 0.778. The van der Waals surface area contributed by atoms with E-state index in [9.17, 15) is 4.79 Å². The Morgan fingerprint density at radius 1 is 1.29 bits per heavy atom. The number of rotatable bonds is 9. The average Bonchev–Trinajstić information content (AvgIpc) is 3.42. The van der Waals surface area contributed by atoms with Gasteiger partial charge in [0.05, 0.1) is 5.70 Å². The number of pyridine rings is 1. The van der Waals surface area contributed by atoms with Gasteiger partial charge in [-0.2, -0.15) is 0 Å². The van der Waals surface area contributed by atoms with Gasteiger partial charge < -0.3 is 11.1 Å². The van der Waals surface area contributed by atoms with Crippen LogP contribution in [0.15, 0.2) is 67.2 Å². The van der Waals surface area contributed by atoms with Crippen LogP contribution in [-0.4, -0.2) is 10.9 Å². The van der Waals surface area contributed by atoms with Crippen LogP contribution in [0.25, 0.3) is 5.70 Å². The van der Waals surface area contributed by atoms with Gasteiger partial charge >= 0.3 is 0 Å². The summed E-state index contributed by atoms with van der Waals surface area (Å²) in [5.41, 5.74) is 8.62. The summed E-state index contributed by atoms with van der Waals surface area (Å²) in [7, 11) is 0. The van der Waals surface area contributed by atoms with Gasteiger partial charge in [-0.3, -0.25) is 9.78 Å². The zero-order chi connectivity index (χ0) is 17.2. The van der Waals surface area contributed by atoms with E-state index in [0.717, 1.165) is 24.3 Å². The van der Waals surface area contributed by atoms with E-state index < -0.39 is 0 Å². The van der Waals surface area contributed by atoms with Crippen molar-refractivity contribution < 1.29 is 4.79 Å². The highest BCUT2D eigenvalue weighted by atomic mass is 16.1. The van der Waals surface area contributed by atoms with Crippen molar-refractivity contribution in [2.75, 3.05) is 0 Å². The Bertz CT molecular complexity index is 640. The monoisotopic (exact) mass is 323 g/mol. The summed E-state index contributed by atoms with van der Waals surface area (Å²) in [4.78, 5) is 16.0. The van der Waals surface area contributed by atoms with Gasteiger partial charge in [0.25, 0.3) is 0 Å². The highest BCUT2D eigenvalue weighted by Gasteiger charge is 2.22. The fourth-order valence-electron chi connectivity index (χ4n) is 2.35. The summed E-state index contributed by atoms with van der Waals surface area (Å²) < 4.78 is 0. The maximum Gasteiger partial charge on any atom is 0.224 e. The van der Waals surface area contributed by atoms with E-state index in [1.54, 1.807) is 36.8 Å². The second-order valence-electron chi connectivity index (χ2n) is 6.00. The van der Waals surface area contributed by atoms with E-state index in [2.05, 4.69) is 23.0 Å². The zero-order valence-corrected chi connectivity index (χ0v) is 13.9. The SMILES string of the molecule is C=C/C=C\C=C(\CCC(=O)N/C=C(\N)c1ccncc1)CC1CC1. The molecule has 4 nitrogen and oxygen atoms in total. The molecule has 2 rings (SSSR count). The van der Waals surface area contributed by atoms with Crippen LogP contribution in [0.4, 0.5) is 0 Å². The van der Waals surface area contributed by atoms with Gasteiger partial charge in [0.15, 0.2) is 0 Å². The Morgan fingerprint density at radius 2 is 2.04 bits per heavy atom. The van der Waals surface area contributed by atoms with Crippen LogP contribution in [0.3, 0.4) is 0 Å². The van der Waals surface area contributed by atoms with E-state index in [0.29, 0.717) is 12.1 Å². The molecule has 1 heterocycles. The van der Waals surface area contributed by atoms with E-state index in [1.165, 1.54) is 18.4 Å². The summed E-state index contributed by atoms with van der Waals surface area (Å²) >= 11 is 0. The summed E-state index contributed by atoms with van der Waals surface area (Å²) in [6.45, 7) is 3.67. The first-order chi connectivity index (χ1) is 11.7. The fourth-order valence-corrected chi connectivity index (χ4v) is 2.35. The molecule has 1 aliphatic rings.